The maximum atomic E-state index is 11.9. The van der Waals surface area contributed by atoms with Crippen LogP contribution in [0.25, 0.3) is 0 Å². The zero-order valence-electron chi connectivity index (χ0n) is 6.50. The molecule has 0 amide bonds. The van der Waals surface area contributed by atoms with Gasteiger partial charge in [0.15, 0.2) is 17.6 Å². The van der Waals surface area contributed by atoms with Gasteiger partial charge in [0.05, 0.1) is 0 Å². The number of nitrogens with one attached hydrogen (secondary N) is 1. The average molecular weight is 213 g/mol. The Morgan fingerprint density at radius 2 is 2.31 bits per heavy atom. The zero-order chi connectivity index (χ0) is 10.1. The summed E-state index contributed by atoms with van der Waals surface area (Å²) in [5.74, 6) is 0. The smallest absolute Gasteiger partial charge is 0.325 e. The fraction of sp³-hybridized carbons (Fsp3) is 0.600. The largest absolute Gasteiger partial charge is 0.449 e. The molecular weight excluding hydrogens is 207 g/mol. The van der Waals surface area contributed by atoms with E-state index < -0.39 is 11.7 Å². The lowest BCUT2D eigenvalue weighted by Gasteiger charge is -2.17. The number of thioether (sulfide) groups is 1. The Morgan fingerprint density at radius 1 is 1.69 bits per heavy atom. The molecule has 8 heteroatoms. The highest BCUT2D eigenvalue weighted by Gasteiger charge is 2.36. The first-order valence-corrected chi connectivity index (χ1v) is 4.03. The van der Waals surface area contributed by atoms with Crippen LogP contribution in [0, 0.1) is 0 Å². The second kappa shape index (κ2) is 3.44. The van der Waals surface area contributed by atoms with Gasteiger partial charge in [-0.3, -0.25) is 10.2 Å². The molecule has 0 spiro atoms. The molecule has 0 bridgehead atoms. The normalized spacial score (nSPS) is 22.6. The van der Waals surface area contributed by atoms with Crippen LogP contribution in [0.1, 0.15) is 0 Å². The molecule has 0 aliphatic carbocycles. The number of hydrazone groups is 1. The number of carbonyl (C=O) groups is 1. The van der Waals surface area contributed by atoms with Gasteiger partial charge in [0.25, 0.3) is 0 Å². The van der Waals surface area contributed by atoms with E-state index in [1.807, 2.05) is 0 Å². The highest BCUT2D eigenvalue weighted by molar-refractivity contribution is 8.14. The summed E-state index contributed by atoms with van der Waals surface area (Å²) < 4.78 is 35.6. The topological polar surface area (TPSA) is 44.7 Å². The van der Waals surface area contributed by atoms with Crippen LogP contribution < -0.4 is 5.43 Å². The fourth-order valence-corrected chi connectivity index (χ4v) is 1.29. The van der Waals surface area contributed by atoms with E-state index in [2.05, 4.69) is 10.5 Å². The minimum Gasteiger partial charge on any atom is -0.325 e. The Hall–Kier alpha value is -0.920. The number of carbonyl (C=O) groups excluding carboxylic acids is 1. The Labute approximate surface area is 76.1 Å². The molecule has 0 radical (unpaired) electrons. The first kappa shape index (κ1) is 10.2. The second-order valence-electron chi connectivity index (χ2n) is 2.26. The van der Waals surface area contributed by atoms with Gasteiger partial charge in [-0.1, -0.05) is 0 Å². The molecule has 1 unspecified atom stereocenters. The first-order chi connectivity index (χ1) is 5.94. The van der Waals surface area contributed by atoms with E-state index in [1.54, 1.807) is 0 Å². The van der Waals surface area contributed by atoms with Crippen molar-refractivity contribution in [3.8, 4) is 0 Å². The van der Waals surface area contributed by atoms with Gasteiger partial charge in [-0.25, -0.2) is 0 Å². The van der Waals surface area contributed by atoms with Crippen molar-refractivity contribution in [3.05, 3.63) is 0 Å². The summed E-state index contributed by atoms with van der Waals surface area (Å²) >= 11 is -0.354. The van der Waals surface area contributed by atoms with Crippen molar-refractivity contribution in [2.45, 2.75) is 11.7 Å². The molecule has 1 rings (SSSR count). The number of hydrogen-bond acceptors (Lipinski definition) is 5. The SMILES string of the molecule is CN1C(SC(F)(F)F)=NNC1C=O. The van der Waals surface area contributed by atoms with Gasteiger partial charge in [-0.05, 0) is 0 Å². The Balaban J connectivity index is 2.59. The number of rotatable bonds is 1. The van der Waals surface area contributed by atoms with E-state index >= 15 is 0 Å². The predicted molar refractivity (Wildman–Crippen MR) is 41.8 cm³/mol. The maximum absolute atomic E-state index is 11.9. The highest BCUT2D eigenvalue weighted by Crippen LogP contribution is 2.33. The van der Waals surface area contributed by atoms with Gasteiger partial charge < -0.3 is 4.90 Å². The molecule has 0 aromatic heterocycles. The van der Waals surface area contributed by atoms with Gasteiger partial charge in [-0.2, -0.15) is 18.3 Å². The van der Waals surface area contributed by atoms with Crippen LogP contribution >= 0.6 is 11.8 Å². The summed E-state index contributed by atoms with van der Waals surface area (Å²) in [6.07, 6.45) is -0.321. The number of amidine groups is 1. The van der Waals surface area contributed by atoms with Crippen molar-refractivity contribution in [1.82, 2.24) is 10.3 Å². The van der Waals surface area contributed by atoms with E-state index in [4.69, 9.17) is 0 Å². The molecule has 0 aromatic rings. The third-order valence-corrected chi connectivity index (χ3v) is 2.14. The van der Waals surface area contributed by atoms with Crippen molar-refractivity contribution in [3.63, 3.8) is 0 Å². The molecule has 0 saturated heterocycles. The molecule has 0 fully saturated rings. The lowest BCUT2D eigenvalue weighted by Crippen LogP contribution is -2.37. The van der Waals surface area contributed by atoms with Gasteiger partial charge >= 0.3 is 5.51 Å². The molecule has 1 aliphatic heterocycles. The quantitative estimate of drug-likeness (QED) is 0.647. The summed E-state index contributed by atoms with van der Waals surface area (Å²) in [6.45, 7) is 0. The summed E-state index contributed by atoms with van der Waals surface area (Å²) in [5, 5.41) is 3.10. The number of halogens is 3. The summed E-state index contributed by atoms with van der Waals surface area (Å²) in [5.41, 5.74) is -2.13. The zero-order valence-corrected chi connectivity index (χ0v) is 7.32. The molecule has 13 heavy (non-hydrogen) atoms. The molecule has 1 heterocycles. The van der Waals surface area contributed by atoms with Crippen LogP contribution in [0.15, 0.2) is 5.10 Å². The van der Waals surface area contributed by atoms with Crippen LogP contribution in [0.5, 0.6) is 0 Å². The highest BCUT2D eigenvalue weighted by atomic mass is 32.2. The van der Waals surface area contributed by atoms with Crippen molar-refractivity contribution in [2.24, 2.45) is 5.10 Å². The summed E-state index contributed by atoms with van der Waals surface area (Å²) in [4.78, 5) is 11.4. The number of aldehydes is 1. The summed E-state index contributed by atoms with van der Waals surface area (Å²) in [6, 6.07) is 0. The minimum absolute atomic E-state index is 0.260. The molecule has 1 atom stereocenters. The molecule has 74 valence electrons. The third-order valence-electron chi connectivity index (χ3n) is 1.35. The minimum atomic E-state index is -4.38. The second-order valence-corrected chi connectivity index (χ2v) is 3.30. The average Bonchev–Trinajstić information content (AvgIpc) is 2.30. The van der Waals surface area contributed by atoms with Crippen LogP contribution in [-0.4, -0.2) is 35.1 Å². The Morgan fingerprint density at radius 3 is 2.69 bits per heavy atom. The van der Waals surface area contributed by atoms with Crippen LogP contribution in [-0.2, 0) is 4.79 Å². The van der Waals surface area contributed by atoms with Crippen molar-refractivity contribution < 1.29 is 18.0 Å². The first-order valence-electron chi connectivity index (χ1n) is 3.21. The lowest BCUT2D eigenvalue weighted by atomic mass is 10.5. The number of likely N-dealkylation sites (N-methyl/N-ethyl adjacent to an activating group) is 1. The van der Waals surface area contributed by atoms with Crippen molar-refractivity contribution in [1.29, 1.82) is 0 Å². The van der Waals surface area contributed by atoms with Crippen molar-refractivity contribution in [2.75, 3.05) is 7.05 Å². The van der Waals surface area contributed by atoms with Crippen molar-refractivity contribution >= 4 is 23.2 Å². The Kier molecular flexibility index (Phi) is 2.69. The fourth-order valence-electron chi connectivity index (χ4n) is 0.726. The standard InChI is InChI=1S/C5H6F3N3OS/c1-11-3(2-12)9-10-4(11)13-5(6,7)8/h2-3,9H,1H3. The van der Waals surface area contributed by atoms with Crippen LogP contribution in [0.4, 0.5) is 13.2 Å². The van der Waals surface area contributed by atoms with Crippen LogP contribution in [0.2, 0.25) is 0 Å². The van der Waals surface area contributed by atoms with Gasteiger partial charge in [0.2, 0.25) is 0 Å². The molecular formula is C5H6F3N3OS. The lowest BCUT2D eigenvalue weighted by molar-refractivity contribution is -0.111. The van der Waals surface area contributed by atoms with E-state index in [0.29, 0.717) is 6.29 Å². The van der Waals surface area contributed by atoms with Gasteiger partial charge in [-0.15, -0.1) is 0 Å². The molecule has 1 aliphatic rings. The third kappa shape index (κ3) is 2.51. The van der Waals surface area contributed by atoms with E-state index in [1.165, 1.54) is 7.05 Å². The number of hydrogen-bond donors (Lipinski definition) is 1. The maximum Gasteiger partial charge on any atom is 0.449 e. The Bertz CT molecular complexity index is 242. The monoisotopic (exact) mass is 213 g/mol. The predicted octanol–water partition coefficient (Wildman–Crippen LogP) is 0.570. The van der Waals surface area contributed by atoms with E-state index in [0.717, 1.165) is 4.90 Å². The van der Waals surface area contributed by atoms with Crippen LogP contribution in [0.3, 0.4) is 0 Å². The van der Waals surface area contributed by atoms with Gasteiger partial charge in [0.1, 0.15) is 0 Å². The number of nitrogens with zero attached hydrogens (tertiary/aromatic N) is 2. The van der Waals surface area contributed by atoms with Gasteiger partial charge in [0, 0.05) is 18.8 Å². The number of alkyl halides is 3. The molecule has 0 aromatic carbocycles. The molecule has 4 nitrogen and oxygen atoms in total. The van der Waals surface area contributed by atoms with E-state index in [-0.39, 0.29) is 16.9 Å². The summed E-state index contributed by atoms with van der Waals surface area (Å²) in [7, 11) is 1.36. The van der Waals surface area contributed by atoms with E-state index in [9.17, 15) is 18.0 Å². The molecule has 0 saturated carbocycles. The molecule has 1 N–H and O–H groups in total.